The van der Waals surface area contributed by atoms with Gasteiger partial charge in [-0.1, -0.05) is 12.1 Å². The summed E-state index contributed by atoms with van der Waals surface area (Å²) in [5.74, 6) is -0.0310. The van der Waals surface area contributed by atoms with Gasteiger partial charge in [0.05, 0.1) is 40.7 Å². The van der Waals surface area contributed by atoms with Crippen LogP contribution in [0.15, 0.2) is 45.7 Å². The van der Waals surface area contributed by atoms with Gasteiger partial charge in [-0.2, -0.15) is 10.2 Å². The zero-order valence-electron chi connectivity index (χ0n) is 12.7. The molecule has 1 heterocycles. The quantitative estimate of drug-likeness (QED) is 0.748. The van der Waals surface area contributed by atoms with Crippen LogP contribution in [-0.2, 0) is 6.54 Å². The van der Waals surface area contributed by atoms with Gasteiger partial charge in [0.2, 0.25) is 0 Å². The molecular weight excluding hydrogens is 374 g/mol. The van der Waals surface area contributed by atoms with Crippen LogP contribution < -0.4 is 10.3 Å². The highest BCUT2D eigenvalue weighted by molar-refractivity contribution is 9.10. The topological polar surface area (TPSA) is 88.1 Å². The summed E-state index contributed by atoms with van der Waals surface area (Å²) in [6.07, 6.45) is 0. The maximum atomic E-state index is 12.8. The summed E-state index contributed by atoms with van der Waals surface area (Å²) < 4.78 is 7.08. The lowest BCUT2D eigenvalue weighted by molar-refractivity contribution is 0.353. The number of benzene rings is 2. The molecule has 0 amide bonds. The second-order valence-electron chi connectivity index (χ2n) is 5.12. The van der Waals surface area contributed by atoms with Gasteiger partial charge in [-0.3, -0.25) is 9.36 Å². The summed E-state index contributed by atoms with van der Waals surface area (Å²) in [4.78, 5) is 17.1. The largest absolute Gasteiger partial charge is 0.507 e. The van der Waals surface area contributed by atoms with Crippen molar-refractivity contribution in [3.8, 4) is 17.8 Å². The van der Waals surface area contributed by atoms with E-state index < -0.39 is 0 Å². The van der Waals surface area contributed by atoms with Crippen LogP contribution in [0.4, 0.5) is 0 Å². The van der Waals surface area contributed by atoms with Crippen LogP contribution in [0, 0.1) is 11.3 Å². The lowest BCUT2D eigenvalue weighted by Gasteiger charge is -2.12. The minimum Gasteiger partial charge on any atom is -0.507 e. The van der Waals surface area contributed by atoms with Crippen molar-refractivity contribution in [1.29, 1.82) is 5.26 Å². The summed E-state index contributed by atoms with van der Waals surface area (Å²) in [5.41, 5.74) is 1.49. The number of phenolic OH excluding ortho intramolecular Hbond substituents is 1. The highest BCUT2D eigenvalue weighted by Crippen LogP contribution is 2.28. The minimum atomic E-state index is -0.316. The van der Waals surface area contributed by atoms with E-state index in [0.717, 1.165) is 5.56 Å². The van der Waals surface area contributed by atoms with Crippen molar-refractivity contribution in [2.24, 2.45) is 0 Å². The fourth-order valence-corrected chi connectivity index (χ4v) is 2.70. The molecule has 0 bridgehead atoms. The van der Waals surface area contributed by atoms with Crippen molar-refractivity contribution >= 4 is 26.8 Å². The molecule has 0 fully saturated rings. The van der Waals surface area contributed by atoms with Gasteiger partial charge in [0.1, 0.15) is 5.75 Å². The molecule has 0 aliphatic heterocycles. The van der Waals surface area contributed by atoms with Crippen molar-refractivity contribution in [3.05, 3.63) is 62.4 Å². The first kappa shape index (κ1) is 16.0. The minimum absolute atomic E-state index is 0.0310. The first-order chi connectivity index (χ1) is 11.5. The molecule has 120 valence electrons. The molecule has 1 N–H and O–H groups in total. The number of nitrogens with zero attached hydrogens (tertiary/aromatic N) is 3. The lowest BCUT2D eigenvalue weighted by Crippen LogP contribution is -2.23. The Bertz CT molecular complexity index is 1020. The predicted molar refractivity (Wildman–Crippen MR) is 92.2 cm³/mol. The predicted octanol–water partition coefficient (Wildman–Crippen LogP) is 2.79. The fourth-order valence-electron chi connectivity index (χ4n) is 2.37. The number of phenols is 1. The van der Waals surface area contributed by atoms with E-state index in [1.54, 1.807) is 30.3 Å². The number of methoxy groups -OCH3 is 1. The van der Waals surface area contributed by atoms with Gasteiger partial charge >= 0.3 is 0 Å². The smallest absolute Gasteiger partial charge is 0.299 e. The van der Waals surface area contributed by atoms with Crippen LogP contribution in [0.5, 0.6) is 11.8 Å². The molecule has 0 spiro atoms. The first-order valence-electron chi connectivity index (χ1n) is 6.99. The second-order valence-corrected chi connectivity index (χ2v) is 5.97. The summed E-state index contributed by atoms with van der Waals surface area (Å²) in [7, 11) is 1.44. The average Bonchev–Trinajstić information content (AvgIpc) is 2.59. The fraction of sp³-hybridized carbons (Fsp3) is 0.118. The van der Waals surface area contributed by atoms with E-state index in [2.05, 4.69) is 20.9 Å². The van der Waals surface area contributed by atoms with E-state index in [-0.39, 0.29) is 23.9 Å². The molecule has 3 rings (SSSR count). The third-order valence-corrected chi connectivity index (χ3v) is 4.23. The molecule has 0 aliphatic carbocycles. The van der Waals surface area contributed by atoms with Crippen LogP contribution >= 0.6 is 15.9 Å². The number of rotatable bonds is 3. The molecule has 2 aromatic carbocycles. The number of halogens is 1. The van der Waals surface area contributed by atoms with Crippen molar-refractivity contribution < 1.29 is 9.84 Å². The monoisotopic (exact) mass is 385 g/mol. The van der Waals surface area contributed by atoms with Gasteiger partial charge in [0.15, 0.2) is 0 Å². The number of aromatic nitrogens is 2. The Morgan fingerprint density at radius 2 is 2.04 bits per heavy atom. The van der Waals surface area contributed by atoms with Crippen LogP contribution in [0.25, 0.3) is 10.9 Å². The lowest BCUT2D eigenvalue weighted by atomic mass is 10.1. The van der Waals surface area contributed by atoms with E-state index in [0.29, 0.717) is 20.9 Å². The zero-order valence-corrected chi connectivity index (χ0v) is 14.2. The summed E-state index contributed by atoms with van der Waals surface area (Å²) in [5, 5.41) is 19.0. The Labute approximate surface area is 145 Å². The Morgan fingerprint density at radius 1 is 1.33 bits per heavy atom. The van der Waals surface area contributed by atoms with E-state index in [1.165, 1.54) is 17.7 Å². The summed E-state index contributed by atoms with van der Waals surface area (Å²) >= 11 is 3.21. The maximum absolute atomic E-state index is 12.8. The highest BCUT2D eigenvalue weighted by atomic mass is 79.9. The molecule has 7 heteroatoms. The van der Waals surface area contributed by atoms with Crippen LogP contribution in [-0.4, -0.2) is 21.8 Å². The molecule has 6 nitrogen and oxygen atoms in total. The van der Waals surface area contributed by atoms with Crippen molar-refractivity contribution in [1.82, 2.24) is 9.55 Å². The number of fused-ring (bicyclic) bond motifs is 1. The number of aromatic hydroxyl groups is 1. The molecular formula is C17H12BrN3O3. The number of nitriles is 1. The van der Waals surface area contributed by atoms with Gasteiger partial charge in [-0.05, 0) is 45.8 Å². The highest BCUT2D eigenvalue weighted by Gasteiger charge is 2.14. The molecule has 3 aromatic rings. The average molecular weight is 386 g/mol. The maximum Gasteiger partial charge on any atom is 0.299 e. The van der Waals surface area contributed by atoms with Crippen LogP contribution in [0.1, 0.15) is 11.1 Å². The third-order valence-electron chi connectivity index (χ3n) is 3.59. The zero-order chi connectivity index (χ0) is 17.3. The molecule has 0 radical (unpaired) electrons. The molecule has 0 saturated carbocycles. The molecule has 0 saturated heterocycles. The number of hydrogen-bond donors (Lipinski definition) is 1. The Kier molecular flexibility index (Phi) is 4.23. The van der Waals surface area contributed by atoms with Gasteiger partial charge in [-0.25, -0.2) is 0 Å². The van der Waals surface area contributed by atoms with Gasteiger partial charge in [0.25, 0.3) is 11.6 Å². The Morgan fingerprint density at radius 3 is 2.67 bits per heavy atom. The van der Waals surface area contributed by atoms with E-state index in [9.17, 15) is 9.90 Å². The van der Waals surface area contributed by atoms with Crippen molar-refractivity contribution in [3.63, 3.8) is 0 Å². The molecule has 0 atom stereocenters. The normalized spacial score (nSPS) is 10.5. The standard InChI is InChI=1S/C17H12BrN3O3/c1-24-17-20-14-7-13(18)15(22)6-12(14)16(23)21(17)9-11-4-2-10(8-19)3-5-11/h2-7,22H,9H2,1H3. The SMILES string of the molecule is COc1nc2cc(Br)c(O)cc2c(=O)n1Cc1ccc(C#N)cc1. The second kappa shape index (κ2) is 6.34. The Hall–Kier alpha value is -2.85. The van der Waals surface area contributed by atoms with Crippen molar-refractivity contribution in [2.45, 2.75) is 6.54 Å². The van der Waals surface area contributed by atoms with Gasteiger partial charge in [0, 0.05) is 0 Å². The number of hydrogen-bond acceptors (Lipinski definition) is 5. The van der Waals surface area contributed by atoms with E-state index in [1.807, 2.05) is 6.07 Å². The molecule has 24 heavy (non-hydrogen) atoms. The summed E-state index contributed by atoms with van der Waals surface area (Å²) in [6.45, 7) is 0.244. The molecule has 1 aromatic heterocycles. The van der Waals surface area contributed by atoms with Gasteiger partial charge in [-0.15, -0.1) is 0 Å². The van der Waals surface area contributed by atoms with Gasteiger partial charge < -0.3 is 9.84 Å². The van der Waals surface area contributed by atoms with Crippen LogP contribution in [0.3, 0.4) is 0 Å². The molecule has 0 unspecified atom stereocenters. The van der Waals surface area contributed by atoms with Crippen molar-refractivity contribution in [2.75, 3.05) is 7.11 Å². The third kappa shape index (κ3) is 2.84. The number of ether oxygens (including phenoxy) is 1. The van der Waals surface area contributed by atoms with Crippen LogP contribution in [0.2, 0.25) is 0 Å². The van der Waals surface area contributed by atoms with E-state index in [4.69, 9.17) is 10.00 Å². The first-order valence-corrected chi connectivity index (χ1v) is 7.79. The summed E-state index contributed by atoms with van der Waals surface area (Å²) in [6, 6.07) is 12.1. The molecule has 0 aliphatic rings. The Balaban J connectivity index is 2.15. The van der Waals surface area contributed by atoms with E-state index >= 15 is 0 Å².